The summed E-state index contributed by atoms with van der Waals surface area (Å²) in [6.07, 6.45) is 1.74. The van der Waals surface area contributed by atoms with Crippen LogP contribution in [0.3, 0.4) is 0 Å². The standard InChI is InChI=1S/C18H26ClN3O2/c1-22-10-11-24-16(12-22)17(13-2-4-15(19)5-3-13)21-18(23)14-6-8-20-9-7-14/h2-5,14,16-17,20H,6-12H2,1H3,(H,21,23). The molecule has 2 N–H and O–H groups in total. The van der Waals surface area contributed by atoms with Crippen molar-refractivity contribution in [3.63, 3.8) is 0 Å². The van der Waals surface area contributed by atoms with Crippen LogP contribution < -0.4 is 10.6 Å². The van der Waals surface area contributed by atoms with Gasteiger partial charge < -0.3 is 20.3 Å². The van der Waals surface area contributed by atoms with Crippen molar-refractivity contribution in [2.45, 2.75) is 25.0 Å². The molecule has 24 heavy (non-hydrogen) atoms. The fraction of sp³-hybridized carbons (Fsp3) is 0.611. The maximum Gasteiger partial charge on any atom is 0.223 e. The molecule has 1 aromatic rings. The molecule has 1 aromatic carbocycles. The van der Waals surface area contributed by atoms with E-state index in [1.165, 1.54) is 0 Å². The Morgan fingerprint density at radius 1 is 1.33 bits per heavy atom. The SMILES string of the molecule is CN1CCOC(C(NC(=O)C2CCNCC2)c2ccc(Cl)cc2)C1. The molecule has 2 aliphatic heterocycles. The van der Waals surface area contributed by atoms with Crippen LogP contribution >= 0.6 is 11.6 Å². The fourth-order valence-corrected chi connectivity index (χ4v) is 3.55. The third kappa shape index (κ3) is 4.48. The Balaban J connectivity index is 1.75. The van der Waals surface area contributed by atoms with Crippen LogP contribution in [-0.4, -0.2) is 56.7 Å². The molecule has 2 unspecified atom stereocenters. The number of morpholine rings is 1. The van der Waals surface area contributed by atoms with Crippen molar-refractivity contribution in [2.24, 2.45) is 5.92 Å². The van der Waals surface area contributed by atoms with Gasteiger partial charge in [0, 0.05) is 24.0 Å². The van der Waals surface area contributed by atoms with Gasteiger partial charge in [-0.3, -0.25) is 4.79 Å². The second kappa shape index (κ2) is 8.30. The number of hydrogen-bond acceptors (Lipinski definition) is 4. The molecule has 0 radical (unpaired) electrons. The van der Waals surface area contributed by atoms with E-state index < -0.39 is 0 Å². The number of halogens is 1. The van der Waals surface area contributed by atoms with Gasteiger partial charge >= 0.3 is 0 Å². The minimum Gasteiger partial charge on any atom is -0.373 e. The zero-order valence-corrected chi connectivity index (χ0v) is 14.9. The van der Waals surface area contributed by atoms with Gasteiger partial charge in [0.05, 0.1) is 18.8 Å². The largest absolute Gasteiger partial charge is 0.373 e. The van der Waals surface area contributed by atoms with E-state index in [-0.39, 0.29) is 24.0 Å². The van der Waals surface area contributed by atoms with Crippen LogP contribution in [-0.2, 0) is 9.53 Å². The predicted molar refractivity (Wildman–Crippen MR) is 95.2 cm³/mol. The minimum absolute atomic E-state index is 0.0457. The van der Waals surface area contributed by atoms with Crippen LogP contribution in [0.5, 0.6) is 0 Å². The number of hydrogen-bond donors (Lipinski definition) is 2. The Morgan fingerprint density at radius 3 is 2.71 bits per heavy atom. The average molecular weight is 352 g/mol. The molecule has 132 valence electrons. The maximum atomic E-state index is 12.7. The third-order valence-corrected chi connectivity index (χ3v) is 5.16. The number of ether oxygens (including phenoxy) is 1. The first-order valence-electron chi connectivity index (χ1n) is 8.70. The van der Waals surface area contributed by atoms with Gasteiger partial charge in [-0.25, -0.2) is 0 Å². The summed E-state index contributed by atoms with van der Waals surface area (Å²) < 4.78 is 5.98. The Kier molecular flexibility index (Phi) is 6.11. The number of amides is 1. The van der Waals surface area contributed by atoms with E-state index in [2.05, 4.69) is 22.6 Å². The van der Waals surface area contributed by atoms with E-state index >= 15 is 0 Å². The van der Waals surface area contributed by atoms with Crippen LogP contribution in [0, 0.1) is 5.92 Å². The van der Waals surface area contributed by atoms with E-state index in [0.717, 1.165) is 44.6 Å². The lowest BCUT2D eigenvalue weighted by Crippen LogP contribution is -2.49. The van der Waals surface area contributed by atoms with E-state index in [4.69, 9.17) is 16.3 Å². The van der Waals surface area contributed by atoms with Crippen LogP contribution in [0.25, 0.3) is 0 Å². The first-order chi connectivity index (χ1) is 11.6. The molecule has 1 amide bonds. The van der Waals surface area contributed by atoms with Crippen LogP contribution in [0.1, 0.15) is 24.4 Å². The maximum absolute atomic E-state index is 12.7. The lowest BCUT2D eigenvalue weighted by Gasteiger charge is -2.36. The molecule has 0 saturated carbocycles. The normalized spacial score (nSPS) is 24.5. The number of nitrogens with zero attached hydrogens (tertiary/aromatic N) is 1. The van der Waals surface area contributed by atoms with Gasteiger partial charge in [0.1, 0.15) is 0 Å². The predicted octanol–water partition coefficient (Wildman–Crippen LogP) is 1.83. The van der Waals surface area contributed by atoms with Crippen molar-refractivity contribution in [1.82, 2.24) is 15.5 Å². The van der Waals surface area contributed by atoms with Gasteiger partial charge in [0.25, 0.3) is 0 Å². The summed E-state index contributed by atoms with van der Waals surface area (Å²) in [6.45, 7) is 4.24. The van der Waals surface area contributed by atoms with E-state index in [1.807, 2.05) is 24.3 Å². The number of carbonyl (C=O) groups is 1. The Bertz CT molecular complexity index is 546. The summed E-state index contributed by atoms with van der Waals surface area (Å²) in [7, 11) is 2.09. The van der Waals surface area contributed by atoms with Gasteiger partial charge in [-0.2, -0.15) is 0 Å². The molecule has 2 heterocycles. The molecular formula is C18H26ClN3O2. The monoisotopic (exact) mass is 351 g/mol. The topological polar surface area (TPSA) is 53.6 Å². The number of carbonyl (C=O) groups excluding carboxylic acids is 1. The van der Waals surface area contributed by atoms with E-state index in [1.54, 1.807) is 0 Å². The highest BCUT2D eigenvalue weighted by Gasteiger charge is 2.31. The molecule has 6 heteroatoms. The Hall–Kier alpha value is -1.14. The molecule has 2 aliphatic rings. The molecule has 2 saturated heterocycles. The van der Waals surface area contributed by atoms with Crippen molar-refractivity contribution >= 4 is 17.5 Å². The summed E-state index contributed by atoms with van der Waals surface area (Å²) >= 11 is 6.02. The highest BCUT2D eigenvalue weighted by molar-refractivity contribution is 6.30. The second-order valence-corrected chi connectivity index (χ2v) is 7.17. The first-order valence-corrected chi connectivity index (χ1v) is 9.08. The number of piperidine rings is 1. The van der Waals surface area contributed by atoms with Crippen molar-refractivity contribution in [3.05, 3.63) is 34.9 Å². The summed E-state index contributed by atoms with van der Waals surface area (Å²) in [5, 5.41) is 7.25. The smallest absolute Gasteiger partial charge is 0.223 e. The average Bonchev–Trinajstić information content (AvgIpc) is 2.61. The third-order valence-electron chi connectivity index (χ3n) is 4.91. The van der Waals surface area contributed by atoms with Crippen LogP contribution in [0.2, 0.25) is 5.02 Å². The number of rotatable bonds is 4. The molecular weight excluding hydrogens is 326 g/mol. The highest BCUT2D eigenvalue weighted by atomic mass is 35.5. The molecule has 5 nitrogen and oxygen atoms in total. The molecule has 2 atom stereocenters. The summed E-state index contributed by atoms with van der Waals surface area (Å²) in [4.78, 5) is 15.0. The number of benzene rings is 1. The van der Waals surface area contributed by atoms with Gasteiger partial charge in [-0.15, -0.1) is 0 Å². The lowest BCUT2D eigenvalue weighted by molar-refractivity contribution is -0.128. The fourth-order valence-electron chi connectivity index (χ4n) is 3.43. The molecule has 0 spiro atoms. The first kappa shape index (κ1) is 17.7. The van der Waals surface area contributed by atoms with Gasteiger partial charge in [-0.1, -0.05) is 23.7 Å². The zero-order chi connectivity index (χ0) is 16.9. The van der Waals surface area contributed by atoms with E-state index in [0.29, 0.717) is 11.6 Å². The summed E-state index contributed by atoms with van der Waals surface area (Å²) in [6, 6.07) is 7.55. The highest BCUT2D eigenvalue weighted by Crippen LogP contribution is 2.25. The summed E-state index contributed by atoms with van der Waals surface area (Å²) in [5.74, 6) is 0.218. The van der Waals surface area contributed by atoms with Crippen molar-refractivity contribution in [1.29, 1.82) is 0 Å². The van der Waals surface area contributed by atoms with E-state index in [9.17, 15) is 4.79 Å². The number of likely N-dealkylation sites (N-methyl/N-ethyl adjacent to an activating group) is 1. The molecule has 3 rings (SSSR count). The Labute approximate surface area is 148 Å². The van der Waals surface area contributed by atoms with Gasteiger partial charge in [0.2, 0.25) is 5.91 Å². The van der Waals surface area contributed by atoms with Gasteiger partial charge in [0.15, 0.2) is 0 Å². The van der Waals surface area contributed by atoms with Crippen molar-refractivity contribution in [3.8, 4) is 0 Å². The van der Waals surface area contributed by atoms with Crippen LogP contribution in [0.4, 0.5) is 0 Å². The van der Waals surface area contributed by atoms with Crippen molar-refractivity contribution < 1.29 is 9.53 Å². The van der Waals surface area contributed by atoms with Crippen molar-refractivity contribution in [2.75, 3.05) is 39.8 Å². The second-order valence-electron chi connectivity index (χ2n) is 6.73. The van der Waals surface area contributed by atoms with Crippen LogP contribution in [0.15, 0.2) is 24.3 Å². The Morgan fingerprint density at radius 2 is 2.04 bits per heavy atom. The molecule has 0 bridgehead atoms. The molecule has 2 fully saturated rings. The van der Waals surface area contributed by atoms with Gasteiger partial charge in [-0.05, 0) is 50.7 Å². The quantitative estimate of drug-likeness (QED) is 0.869. The number of nitrogens with one attached hydrogen (secondary N) is 2. The minimum atomic E-state index is -0.146. The molecule has 0 aromatic heterocycles. The lowest BCUT2D eigenvalue weighted by atomic mass is 9.94. The zero-order valence-electron chi connectivity index (χ0n) is 14.1. The summed E-state index contributed by atoms with van der Waals surface area (Å²) in [5.41, 5.74) is 1.04. The molecule has 0 aliphatic carbocycles.